The SMILES string of the molecule is C=CCOc1ccc(C2C(C(=O)OCC(C)C)=C(C)N=c3s/c(=C\c4ccc(Cl)cc4Cl)c(=O)n32)cc1OC. The van der Waals surface area contributed by atoms with E-state index in [9.17, 15) is 9.59 Å². The van der Waals surface area contributed by atoms with Crippen molar-refractivity contribution in [2.45, 2.75) is 26.8 Å². The van der Waals surface area contributed by atoms with E-state index in [1.807, 2.05) is 13.8 Å². The second kappa shape index (κ2) is 12.2. The first-order valence-electron chi connectivity index (χ1n) is 12.2. The Kier molecular flexibility index (Phi) is 9.00. The number of aromatic nitrogens is 1. The van der Waals surface area contributed by atoms with Crippen molar-refractivity contribution >= 4 is 46.6 Å². The van der Waals surface area contributed by atoms with E-state index in [-0.39, 0.29) is 23.7 Å². The molecule has 3 aromatic rings. The number of carbonyl (C=O) groups excluding carboxylic acids is 1. The maximum Gasteiger partial charge on any atom is 0.338 e. The second-order valence-corrected chi connectivity index (χ2v) is 11.1. The molecule has 0 radical (unpaired) electrons. The van der Waals surface area contributed by atoms with Gasteiger partial charge < -0.3 is 14.2 Å². The van der Waals surface area contributed by atoms with E-state index in [1.54, 1.807) is 55.5 Å². The Morgan fingerprint density at radius 3 is 2.64 bits per heavy atom. The summed E-state index contributed by atoms with van der Waals surface area (Å²) in [4.78, 5) is 32.3. The molecule has 0 N–H and O–H groups in total. The highest BCUT2D eigenvalue weighted by molar-refractivity contribution is 7.07. The molecule has 1 aliphatic rings. The number of rotatable bonds is 9. The second-order valence-electron chi connectivity index (χ2n) is 9.25. The topological polar surface area (TPSA) is 79.1 Å². The standard InChI is InChI=1S/C29H28Cl2N2O5S/c1-6-11-37-22-10-8-19(12-23(22)36-5)26-25(28(35)38-15-16(2)3)17(4)32-29-33(26)27(34)24(39-29)13-18-7-9-20(30)14-21(18)31/h6-10,12-14,16,26H,1,11,15H2,2-5H3/b24-13-. The van der Waals surface area contributed by atoms with Crippen molar-refractivity contribution in [1.82, 2.24) is 4.57 Å². The lowest BCUT2D eigenvalue weighted by Gasteiger charge is -2.25. The van der Waals surface area contributed by atoms with Crippen LogP contribution in [0.25, 0.3) is 6.08 Å². The number of hydrogen-bond acceptors (Lipinski definition) is 7. The number of nitrogens with zero attached hydrogens (tertiary/aromatic N) is 2. The van der Waals surface area contributed by atoms with Crippen LogP contribution in [-0.2, 0) is 9.53 Å². The van der Waals surface area contributed by atoms with Gasteiger partial charge in [0.2, 0.25) is 0 Å². The fourth-order valence-corrected chi connectivity index (χ4v) is 5.60. The molecule has 10 heteroatoms. The van der Waals surface area contributed by atoms with Crippen molar-refractivity contribution in [3.05, 3.63) is 101 Å². The molecule has 0 aliphatic carbocycles. The average Bonchev–Trinajstić information content (AvgIpc) is 3.20. The van der Waals surface area contributed by atoms with Gasteiger partial charge in [0, 0.05) is 10.0 Å². The van der Waals surface area contributed by atoms with Crippen LogP contribution in [0, 0.1) is 5.92 Å². The highest BCUT2D eigenvalue weighted by atomic mass is 35.5. The third kappa shape index (κ3) is 6.13. The molecule has 0 spiro atoms. The molecule has 7 nitrogen and oxygen atoms in total. The summed E-state index contributed by atoms with van der Waals surface area (Å²) in [6.45, 7) is 9.86. The number of esters is 1. The summed E-state index contributed by atoms with van der Waals surface area (Å²) in [6.07, 6.45) is 3.33. The number of carbonyl (C=O) groups is 1. The number of allylic oxidation sites excluding steroid dienone is 1. The van der Waals surface area contributed by atoms with Gasteiger partial charge in [-0.05, 0) is 54.3 Å². The maximum atomic E-state index is 13.9. The number of ether oxygens (including phenoxy) is 3. The molecular formula is C29H28Cl2N2O5S. The third-order valence-corrected chi connectivity index (χ3v) is 7.44. The molecule has 1 atom stereocenters. The Labute approximate surface area is 240 Å². The van der Waals surface area contributed by atoms with Crippen LogP contribution in [0.15, 0.2) is 70.1 Å². The molecule has 0 fully saturated rings. The molecule has 2 aromatic carbocycles. The summed E-state index contributed by atoms with van der Waals surface area (Å²) >= 11 is 13.6. The molecule has 1 aromatic heterocycles. The Hall–Kier alpha value is -3.33. The van der Waals surface area contributed by atoms with E-state index >= 15 is 0 Å². The number of thiazole rings is 1. The highest BCUT2D eigenvalue weighted by Crippen LogP contribution is 2.36. The summed E-state index contributed by atoms with van der Waals surface area (Å²) in [7, 11) is 1.53. The monoisotopic (exact) mass is 586 g/mol. The fraction of sp³-hybridized carbons (Fsp3) is 0.276. The molecule has 2 heterocycles. The molecular weight excluding hydrogens is 559 g/mol. The Balaban J connectivity index is 1.92. The van der Waals surface area contributed by atoms with Gasteiger partial charge in [-0.15, -0.1) is 0 Å². The summed E-state index contributed by atoms with van der Waals surface area (Å²) in [5, 5.41) is 0.909. The lowest BCUT2D eigenvalue weighted by molar-refractivity contribution is -0.140. The molecule has 0 saturated heterocycles. The molecule has 0 amide bonds. The van der Waals surface area contributed by atoms with Crippen LogP contribution < -0.4 is 24.4 Å². The molecule has 4 rings (SSSR count). The minimum atomic E-state index is -0.800. The van der Waals surface area contributed by atoms with Crippen molar-refractivity contribution in [1.29, 1.82) is 0 Å². The van der Waals surface area contributed by atoms with Gasteiger partial charge >= 0.3 is 5.97 Å². The predicted octanol–water partition coefficient (Wildman–Crippen LogP) is 5.31. The van der Waals surface area contributed by atoms with Gasteiger partial charge in [0.25, 0.3) is 5.56 Å². The first-order chi connectivity index (χ1) is 18.6. The zero-order valence-corrected chi connectivity index (χ0v) is 24.3. The van der Waals surface area contributed by atoms with Gasteiger partial charge in [0.15, 0.2) is 16.3 Å². The van der Waals surface area contributed by atoms with Gasteiger partial charge in [-0.1, -0.05) is 73.2 Å². The summed E-state index contributed by atoms with van der Waals surface area (Å²) in [5.74, 6) is 0.570. The number of hydrogen-bond donors (Lipinski definition) is 0. The normalized spacial score (nSPS) is 15.2. The van der Waals surface area contributed by atoms with Crippen molar-refractivity contribution in [3.8, 4) is 11.5 Å². The van der Waals surface area contributed by atoms with Crippen molar-refractivity contribution in [2.75, 3.05) is 20.3 Å². The number of methoxy groups -OCH3 is 1. The minimum Gasteiger partial charge on any atom is -0.493 e. The van der Waals surface area contributed by atoms with Gasteiger partial charge in [-0.2, -0.15) is 0 Å². The maximum absolute atomic E-state index is 13.9. The van der Waals surface area contributed by atoms with Crippen LogP contribution in [0.2, 0.25) is 10.0 Å². The fourth-order valence-electron chi connectivity index (χ4n) is 4.10. The molecule has 39 heavy (non-hydrogen) atoms. The molecule has 204 valence electrons. The van der Waals surface area contributed by atoms with Crippen LogP contribution in [0.1, 0.15) is 37.9 Å². The number of fused-ring (bicyclic) bond motifs is 1. The molecule has 0 bridgehead atoms. The predicted molar refractivity (Wildman–Crippen MR) is 155 cm³/mol. The van der Waals surface area contributed by atoms with Crippen LogP contribution in [0.5, 0.6) is 11.5 Å². The van der Waals surface area contributed by atoms with E-state index in [0.29, 0.717) is 54.3 Å². The number of halogens is 2. The van der Waals surface area contributed by atoms with Crippen molar-refractivity contribution in [2.24, 2.45) is 10.9 Å². The smallest absolute Gasteiger partial charge is 0.338 e. The minimum absolute atomic E-state index is 0.139. The molecule has 1 unspecified atom stereocenters. The van der Waals surface area contributed by atoms with Gasteiger partial charge in [0.05, 0.1) is 35.6 Å². The van der Waals surface area contributed by atoms with E-state index in [4.69, 9.17) is 37.4 Å². The third-order valence-electron chi connectivity index (χ3n) is 5.90. The quantitative estimate of drug-likeness (QED) is 0.250. The Morgan fingerprint density at radius 1 is 1.21 bits per heavy atom. The largest absolute Gasteiger partial charge is 0.493 e. The Morgan fingerprint density at radius 2 is 1.97 bits per heavy atom. The zero-order valence-electron chi connectivity index (χ0n) is 22.0. The van der Waals surface area contributed by atoms with Gasteiger partial charge in [-0.25, -0.2) is 9.79 Å². The van der Waals surface area contributed by atoms with E-state index in [1.165, 1.54) is 23.0 Å². The first-order valence-corrected chi connectivity index (χ1v) is 13.8. The lowest BCUT2D eigenvalue weighted by Crippen LogP contribution is -2.40. The Bertz CT molecular complexity index is 1640. The van der Waals surface area contributed by atoms with Crippen LogP contribution in [0.4, 0.5) is 0 Å². The van der Waals surface area contributed by atoms with Crippen LogP contribution in [-0.4, -0.2) is 30.9 Å². The summed E-state index contributed by atoms with van der Waals surface area (Å²) in [6, 6.07) is 9.56. The summed E-state index contributed by atoms with van der Waals surface area (Å²) < 4.78 is 18.8. The van der Waals surface area contributed by atoms with Crippen molar-refractivity contribution < 1.29 is 19.0 Å². The highest BCUT2D eigenvalue weighted by Gasteiger charge is 2.34. The van der Waals surface area contributed by atoms with Crippen molar-refractivity contribution in [3.63, 3.8) is 0 Å². The molecule has 0 saturated carbocycles. The lowest BCUT2D eigenvalue weighted by atomic mass is 9.95. The van der Waals surface area contributed by atoms with E-state index in [2.05, 4.69) is 11.6 Å². The van der Waals surface area contributed by atoms with E-state index < -0.39 is 12.0 Å². The zero-order chi connectivity index (χ0) is 28.3. The first kappa shape index (κ1) is 28.7. The van der Waals surface area contributed by atoms with E-state index in [0.717, 1.165) is 0 Å². The van der Waals surface area contributed by atoms with Gasteiger partial charge in [-0.3, -0.25) is 9.36 Å². The number of benzene rings is 2. The van der Waals surface area contributed by atoms with Crippen LogP contribution in [0.3, 0.4) is 0 Å². The van der Waals surface area contributed by atoms with Crippen LogP contribution >= 0.6 is 34.5 Å². The summed E-state index contributed by atoms with van der Waals surface area (Å²) in [5.41, 5.74) is 1.71. The average molecular weight is 588 g/mol. The molecule has 1 aliphatic heterocycles. The van der Waals surface area contributed by atoms with Gasteiger partial charge in [0.1, 0.15) is 6.61 Å².